The van der Waals surface area contributed by atoms with Crippen molar-refractivity contribution in [3.05, 3.63) is 72.9 Å². The van der Waals surface area contributed by atoms with Crippen LogP contribution in [0.2, 0.25) is 0 Å². The molecular formula is C31H34N6O2. The Morgan fingerprint density at radius 3 is 2.64 bits per heavy atom. The molecule has 8 nitrogen and oxygen atoms in total. The van der Waals surface area contributed by atoms with Crippen molar-refractivity contribution in [2.45, 2.75) is 63.7 Å². The number of aliphatic hydroxyl groups is 1. The SMILES string of the molecule is OC1CCCN(c2cn(-c3ccc4c(c3)ncn4C3CCCCC3)c3ncnc(OCc4ccccc4)c23)C1. The van der Waals surface area contributed by atoms with Gasteiger partial charge in [0.2, 0.25) is 5.88 Å². The molecular weight excluding hydrogens is 488 g/mol. The van der Waals surface area contributed by atoms with E-state index in [9.17, 15) is 5.11 Å². The lowest BCUT2D eigenvalue weighted by Gasteiger charge is -2.31. The Morgan fingerprint density at radius 2 is 1.79 bits per heavy atom. The second-order valence-electron chi connectivity index (χ2n) is 10.9. The number of anilines is 1. The minimum absolute atomic E-state index is 0.351. The van der Waals surface area contributed by atoms with E-state index in [4.69, 9.17) is 14.7 Å². The molecule has 0 bridgehead atoms. The highest BCUT2D eigenvalue weighted by atomic mass is 16.5. The monoisotopic (exact) mass is 522 g/mol. The minimum atomic E-state index is -0.351. The lowest BCUT2D eigenvalue weighted by Crippen LogP contribution is -2.38. The Balaban J connectivity index is 1.30. The topological polar surface area (TPSA) is 81.2 Å². The normalized spacial score (nSPS) is 18.7. The summed E-state index contributed by atoms with van der Waals surface area (Å²) in [6.45, 7) is 1.87. The maximum absolute atomic E-state index is 10.5. The lowest BCUT2D eigenvalue weighted by atomic mass is 9.95. The predicted molar refractivity (Wildman–Crippen MR) is 153 cm³/mol. The molecule has 1 saturated carbocycles. The van der Waals surface area contributed by atoms with Gasteiger partial charge < -0.3 is 19.3 Å². The summed E-state index contributed by atoms with van der Waals surface area (Å²) in [7, 11) is 0. The quantitative estimate of drug-likeness (QED) is 0.303. The van der Waals surface area contributed by atoms with Gasteiger partial charge in [0, 0.05) is 31.0 Å². The fourth-order valence-corrected chi connectivity index (χ4v) is 6.28. The maximum atomic E-state index is 10.5. The van der Waals surface area contributed by atoms with E-state index in [-0.39, 0.29) is 6.10 Å². The summed E-state index contributed by atoms with van der Waals surface area (Å²) < 4.78 is 10.8. The molecule has 2 aromatic carbocycles. The van der Waals surface area contributed by atoms with Gasteiger partial charge in [-0.2, -0.15) is 0 Å². The molecule has 5 aromatic rings. The van der Waals surface area contributed by atoms with Crippen molar-refractivity contribution in [3.8, 4) is 11.6 Å². The number of ether oxygens (including phenoxy) is 1. The number of hydrogen-bond acceptors (Lipinski definition) is 6. The molecule has 39 heavy (non-hydrogen) atoms. The van der Waals surface area contributed by atoms with Crippen molar-refractivity contribution >= 4 is 27.8 Å². The summed E-state index contributed by atoms with van der Waals surface area (Å²) >= 11 is 0. The molecule has 1 saturated heterocycles. The number of nitrogens with zero attached hydrogens (tertiary/aromatic N) is 6. The van der Waals surface area contributed by atoms with Crippen molar-refractivity contribution in [1.29, 1.82) is 0 Å². The molecule has 2 aliphatic rings. The summed E-state index contributed by atoms with van der Waals surface area (Å²) in [5.74, 6) is 0.556. The van der Waals surface area contributed by atoms with Gasteiger partial charge in [0.25, 0.3) is 0 Å². The van der Waals surface area contributed by atoms with E-state index >= 15 is 0 Å². The van der Waals surface area contributed by atoms with Gasteiger partial charge in [0.05, 0.1) is 29.2 Å². The van der Waals surface area contributed by atoms with Crippen molar-refractivity contribution in [3.63, 3.8) is 0 Å². The summed E-state index contributed by atoms with van der Waals surface area (Å²) in [6.07, 6.45) is 13.5. The molecule has 1 N–H and O–H groups in total. The van der Waals surface area contributed by atoms with E-state index in [2.05, 4.69) is 43.4 Å². The number of fused-ring (bicyclic) bond motifs is 2. The number of hydrogen-bond donors (Lipinski definition) is 1. The first-order valence-corrected chi connectivity index (χ1v) is 14.2. The van der Waals surface area contributed by atoms with E-state index < -0.39 is 0 Å². The molecule has 0 amide bonds. The maximum Gasteiger partial charge on any atom is 0.228 e. The summed E-state index contributed by atoms with van der Waals surface area (Å²) in [6, 6.07) is 17.2. The molecule has 7 rings (SSSR count). The zero-order chi connectivity index (χ0) is 26.2. The second kappa shape index (κ2) is 10.3. The Kier molecular flexibility index (Phi) is 6.40. The van der Waals surface area contributed by atoms with Crippen LogP contribution in [-0.2, 0) is 6.61 Å². The van der Waals surface area contributed by atoms with Gasteiger partial charge in [-0.05, 0) is 49.4 Å². The Hall–Kier alpha value is -3.91. The first kappa shape index (κ1) is 24.2. The fraction of sp³-hybridized carbons (Fsp3) is 0.387. The molecule has 8 heteroatoms. The first-order chi connectivity index (χ1) is 19.2. The van der Waals surface area contributed by atoms with Crippen LogP contribution < -0.4 is 9.64 Å². The molecule has 200 valence electrons. The summed E-state index contributed by atoms with van der Waals surface area (Å²) in [5, 5.41) is 11.3. The molecule has 0 radical (unpaired) electrons. The standard InChI is InChI=1S/C31H34N6O2/c38-25-12-7-15-35(17-25)28-18-36(30-29(28)31(33-20-32-30)39-19-22-8-3-1-4-9-22)24-13-14-27-26(16-24)34-21-37(27)23-10-5-2-6-11-23/h1,3-4,8-9,13-14,16,18,20-21,23,25,38H,2,5-7,10-12,15,17,19H2. The van der Waals surface area contributed by atoms with Gasteiger partial charge in [0.1, 0.15) is 18.3 Å². The number of β-amino-alcohol motifs (C(OH)–C–C–N with tert-alkyl or cyclic N) is 1. The molecule has 3 aromatic heterocycles. The van der Waals surface area contributed by atoms with E-state index in [1.54, 1.807) is 6.33 Å². The summed E-state index contributed by atoms with van der Waals surface area (Å²) in [5.41, 5.74) is 6.03. The molecule has 1 atom stereocenters. The van der Waals surface area contributed by atoms with E-state index in [1.165, 1.54) is 37.6 Å². The highest BCUT2D eigenvalue weighted by molar-refractivity contribution is 5.96. The lowest BCUT2D eigenvalue weighted by molar-refractivity contribution is 0.154. The van der Waals surface area contributed by atoms with Crippen LogP contribution in [0, 0.1) is 0 Å². The zero-order valence-electron chi connectivity index (χ0n) is 22.1. The smallest absolute Gasteiger partial charge is 0.228 e. The molecule has 4 heterocycles. The van der Waals surface area contributed by atoms with Gasteiger partial charge >= 0.3 is 0 Å². The zero-order valence-corrected chi connectivity index (χ0v) is 22.1. The van der Waals surface area contributed by atoms with Crippen LogP contribution in [-0.4, -0.2) is 48.4 Å². The van der Waals surface area contributed by atoms with Gasteiger partial charge in [-0.25, -0.2) is 15.0 Å². The first-order valence-electron chi connectivity index (χ1n) is 14.2. The predicted octanol–water partition coefficient (Wildman–Crippen LogP) is 5.82. The van der Waals surface area contributed by atoms with Gasteiger partial charge in [-0.1, -0.05) is 49.6 Å². The van der Waals surface area contributed by atoms with E-state index in [1.807, 2.05) is 36.7 Å². The van der Waals surface area contributed by atoms with Crippen LogP contribution >= 0.6 is 0 Å². The summed E-state index contributed by atoms with van der Waals surface area (Å²) in [4.78, 5) is 16.3. The van der Waals surface area contributed by atoms with Crippen LogP contribution in [0.25, 0.3) is 27.8 Å². The van der Waals surface area contributed by atoms with E-state index in [0.29, 0.717) is 25.1 Å². The molecule has 0 spiro atoms. The van der Waals surface area contributed by atoms with Crippen LogP contribution in [0.15, 0.2) is 67.4 Å². The minimum Gasteiger partial charge on any atom is -0.472 e. The number of aromatic nitrogens is 5. The number of benzene rings is 2. The molecule has 1 aliphatic carbocycles. The Morgan fingerprint density at radius 1 is 0.923 bits per heavy atom. The Bertz CT molecular complexity index is 1590. The number of imidazole rings is 1. The average molecular weight is 523 g/mol. The van der Waals surface area contributed by atoms with Crippen LogP contribution in [0.3, 0.4) is 0 Å². The van der Waals surface area contributed by atoms with Crippen molar-refractivity contribution < 1.29 is 9.84 Å². The van der Waals surface area contributed by atoms with Crippen LogP contribution in [0.5, 0.6) is 5.88 Å². The third-order valence-corrected chi connectivity index (χ3v) is 8.29. The molecule has 1 aliphatic heterocycles. The Labute approximate surface area is 227 Å². The number of aliphatic hydroxyl groups excluding tert-OH is 1. The molecule has 1 unspecified atom stereocenters. The number of rotatable bonds is 6. The third-order valence-electron chi connectivity index (χ3n) is 8.29. The fourth-order valence-electron chi connectivity index (χ4n) is 6.28. The van der Waals surface area contributed by atoms with Crippen molar-refractivity contribution in [2.24, 2.45) is 0 Å². The second-order valence-corrected chi connectivity index (χ2v) is 10.9. The van der Waals surface area contributed by atoms with Crippen molar-refractivity contribution in [2.75, 3.05) is 18.0 Å². The van der Waals surface area contributed by atoms with E-state index in [0.717, 1.165) is 52.9 Å². The highest BCUT2D eigenvalue weighted by Gasteiger charge is 2.26. The van der Waals surface area contributed by atoms with Gasteiger partial charge in [-0.3, -0.25) is 4.57 Å². The van der Waals surface area contributed by atoms with Gasteiger partial charge in [-0.15, -0.1) is 0 Å². The van der Waals surface area contributed by atoms with Crippen LogP contribution in [0.1, 0.15) is 56.6 Å². The molecule has 2 fully saturated rings. The third kappa shape index (κ3) is 4.63. The average Bonchev–Trinajstić information content (AvgIpc) is 3.59. The van der Waals surface area contributed by atoms with Crippen LogP contribution in [0.4, 0.5) is 5.69 Å². The van der Waals surface area contributed by atoms with Gasteiger partial charge in [0.15, 0.2) is 5.65 Å². The van der Waals surface area contributed by atoms with Crippen molar-refractivity contribution in [1.82, 2.24) is 24.1 Å². The number of piperidine rings is 1. The highest BCUT2D eigenvalue weighted by Crippen LogP contribution is 2.38. The largest absolute Gasteiger partial charge is 0.472 e.